The highest BCUT2D eigenvalue weighted by atomic mass is 16.2. The minimum atomic E-state index is -0.734. The molecule has 0 radical (unpaired) electrons. The quantitative estimate of drug-likeness (QED) is 0.685. The van der Waals surface area contributed by atoms with Gasteiger partial charge in [-0.05, 0) is 31.5 Å². The number of amides is 1. The predicted octanol–water partition coefficient (Wildman–Crippen LogP) is 1.89. The first-order valence-electron chi connectivity index (χ1n) is 7.44. The molecule has 118 valence electrons. The molecule has 0 saturated heterocycles. The van der Waals surface area contributed by atoms with Gasteiger partial charge in [0.1, 0.15) is 6.04 Å². The van der Waals surface area contributed by atoms with E-state index in [-0.39, 0.29) is 5.91 Å². The fraction of sp³-hybridized carbons (Fsp3) is 0.235. The zero-order valence-corrected chi connectivity index (χ0v) is 13.1. The van der Waals surface area contributed by atoms with Gasteiger partial charge >= 0.3 is 0 Å². The number of nitrogens with two attached hydrogens (primary N) is 1. The van der Waals surface area contributed by atoms with Crippen LogP contribution in [0.25, 0.3) is 10.9 Å². The maximum absolute atomic E-state index is 12.3. The lowest BCUT2D eigenvalue weighted by molar-refractivity contribution is -0.122. The first kappa shape index (κ1) is 15.2. The SMILES string of the molecule is Cc1n[nH]c(C)c1C(N)C(=O)NCc1cnc2ccccc2c1. The van der Waals surface area contributed by atoms with Crippen molar-refractivity contribution in [1.29, 1.82) is 0 Å². The first-order valence-corrected chi connectivity index (χ1v) is 7.44. The van der Waals surface area contributed by atoms with Gasteiger partial charge in [0.05, 0.1) is 11.2 Å². The number of aryl methyl sites for hydroxylation is 2. The average molecular weight is 309 g/mol. The molecular formula is C17H19N5O. The van der Waals surface area contributed by atoms with E-state index in [9.17, 15) is 4.79 Å². The Morgan fingerprint density at radius 1 is 1.35 bits per heavy atom. The van der Waals surface area contributed by atoms with Crippen LogP contribution in [0.4, 0.5) is 0 Å². The molecule has 6 heteroatoms. The van der Waals surface area contributed by atoms with Crippen LogP contribution in [0, 0.1) is 13.8 Å². The molecule has 23 heavy (non-hydrogen) atoms. The number of H-pyrrole nitrogens is 1. The van der Waals surface area contributed by atoms with Crippen molar-refractivity contribution in [3.63, 3.8) is 0 Å². The summed E-state index contributed by atoms with van der Waals surface area (Å²) in [6.45, 7) is 4.08. The maximum Gasteiger partial charge on any atom is 0.241 e. The molecule has 0 aliphatic heterocycles. The number of hydrogen-bond donors (Lipinski definition) is 3. The highest BCUT2D eigenvalue weighted by Gasteiger charge is 2.21. The van der Waals surface area contributed by atoms with Gasteiger partial charge in [0.25, 0.3) is 0 Å². The molecule has 4 N–H and O–H groups in total. The molecular weight excluding hydrogens is 290 g/mol. The van der Waals surface area contributed by atoms with E-state index in [1.54, 1.807) is 6.20 Å². The van der Waals surface area contributed by atoms with Crippen molar-refractivity contribution in [2.24, 2.45) is 5.73 Å². The van der Waals surface area contributed by atoms with Crippen LogP contribution in [0.3, 0.4) is 0 Å². The van der Waals surface area contributed by atoms with Crippen molar-refractivity contribution in [3.05, 3.63) is 59.0 Å². The Labute approximate surface area is 134 Å². The Kier molecular flexibility index (Phi) is 4.08. The van der Waals surface area contributed by atoms with Gasteiger partial charge in [0.15, 0.2) is 0 Å². The highest BCUT2D eigenvalue weighted by molar-refractivity contribution is 5.83. The van der Waals surface area contributed by atoms with Crippen LogP contribution in [0.15, 0.2) is 36.5 Å². The van der Waals surface area contributed by atoms with Gasteiger partial charge < -0.3 is 11.1 Å². The summed E-state index contributed by atoms with van der Waals surface area (Å²) < 4.78 is 0. The molecule has 0 aliphatic rings. The maximum atomic E-state index is 12.3. The average Bonchev–Trinajstić information content (AvgIpc) is 2.90. The Bertz CT molecular complexity index is 836. The van der Waals surface area contributed by atoms with Crippen molar-refractivity contribution in [1.82, 2.24) is 20.5 Å². The van der Waals surface area contributed by atoms with Crippen molar-refractivity contribution in [2.45, 2.75) is 26.4 Å². The van der Waals surface area contributed by atoms with Gasteiger partial charge in [-0.2, -0.15) is 5.10 Å². The summed E-state index contributed by atoms with van der Waals surface area (Å²) in [7, 11) is 0. The molecule has 0 fully saturated rings. The number of para-hydroxylation sites is 1. The second-order valence-corrected chi connectivity index (χ2v) is 5.58. The molecule has 1 aromatic carbocycles. The third kappa shape index (κ3) is 3.07. The van der Waals surface area contributed by atoms with E-state index in [1.807, 2.05) is 44.2 Å². The van der Waals surface area contributed by atoms with E-state index >= 15 is 0 Å². The lowest BCUT2D eigenvalue weighted by atomic mass is 10.1. The lowest BCUT2D eigenvalue weighted by Gasteiger charge is -2.13. The van der Waals surface area contributed by atoms with Crippen LogP contribution >= 0.6 is 0 Å². The summed E-state index contributed by atoms with van der Waals surface area (Å²) in [5, 5.41) is 10.8. The van der Waals surface area contributed by atoms with Crippen LogP contribution in [0.1, 0.15) is 28.6 Å². The predicted molar refractivity (Wildman–Crippen MR) is 88.6 cm³/mol. The van der Waals surface area contributed by atoms with Gasteiger partial charge in [0.2, 0.25) is 5.91 Å². The molecule has 1 atom stereocenters. The molecule has 2 heterocycles. The van der Waals surface area contributed by atoms with E-state index in [0.29, 0.717) is 6.54 Å². The van der Waals surface area contributed by atoms with Crippen molar-refractivity contribution >= 4 is 16.8 Å². The summed E-state index contributed by atoms with van der Waals surface area (Å²) >= 11 is 0. The van der Waals surface area contributed by atoms with E-state index < -0.39 is 6.04 Å². The van der Waals surface area contributed by atoms with Gasteiger partial charge in [-0.1, -0.05) is 18.2 Å². The number of fused-ring (bicyclic) bond motifs is 1. The second kappa shape index (κ2) is 6.18. The number of benzene rings is 1. The largest absolute Gasteiger partial charge is 0.350 e. The van der Waals surface area contributed by atoms with Crippen molar-refractivity contribution in [3.8, 4) is 0 Å². The van der Waals surface area contributed by atoms with E-state index in [1.165, 1.54) is 0 Å². The fourth-order valence-electron chi connectivity index (χ4n) is 2.66. The molecule has 0 aliphatic carbocycles. The van der Waals surface area contributed by atoms with Gasteiger partial charge in [-0.25, -0.2) is 0 Å². The summed E-state index contributed by atoms with van der Waals surface area (Å²) in [5.41, 5.74) is 10.2. The van der Waals surface area contributed by atoms with E-state index in [2.05, 4.69) is 20.5 Å². The fourth-order valence-corrected chi connectivity index (χ4v) is 2.66. The number of rotatable bonds is 4. The van der Waals surface area contributed by atoms with Crippen LogP contribution in [0.2, 0.25) is 0 Å². The minimum absolute atomic E-state index is 0.231. The summed E-state index contributed by atoms with van der Waals surface area (Å²) in [6, 6.07) is 9.15. The molecule has 2 aromatic heterocycles. The van der Waals surface area contributed by atoms with Crippen LogP contribution < -0.4 is 11.1 Å². The van der Waals surface area contributed by atoms with Crippen LogP contribution in [0.5, 0.6) is 0 Å². The van der Waals surface area contributed by atoms with Crippen LogP contribution in [-0.4, -0.2) is 21.1 Å². The molecule has 1 unspecified atom stereocenters. The number of hydrogen-bond acceptors (Lipinski definition) is 4. The Morgan fingerprint density at radius 2 is 2.13 bits per heavy atom. The topological polar surface area (TPSA) is 96.7 Å². The van der Waals surface area contributed by atoms with E-state index in [0.717, 1.165) is 33.4 Å². The number of carbonyl (C=O) groups is 1. The minimum Gasteiger partial charge on any atom is -0.350 e. The van der Waals surface area contributed by atoms with Crippen molar-refractivity contribution in [2.75, 3.05) is 0 Å². The van der Waals surface area contributed by atoms with Gasteiger partial charge in [-0.15, -0.1) is 0 Å². The van der Waals surface area contributed by atoms with E-state index in [4.69, 9.17) is 5.73 Å². The number of aromatic amines is 1. The summed E-state index contributed by atoms with van der Waals surface area (Å²) in [5.74, 6) is -0.231. The number of nitrogens with one attached hydrogen (secondary N) is 2. The second-order valence-electron chi connectivity index (χ2n) is 5.58. The molecule has 3 rings (SSSR count). The smallest absolute Gasteiger partial charge is 0.241 e. The standard InChI is InChI=1S/C17H19N5O/c1-10-15(11(2)22-21-10)16(18)17(23)20-9-12-7-13-5-3-4-6-14(13)19-8-12/h3-8,16H,9,18H2,1-2H3,(H,20,23)(H,21,22). The molecule has 3 aromatic rings. The van der Waals surface area contributed by atoms with Gasteiger partial charge in [0, 0.05) is 29.4 Å². The van der Waals surface area contributed by atoms with Crippen LogP contribution in [-0.2, 0) is 11.3 Å². The summed E-state index contributed by atoms with van der Waals surface area (Å²) in [6.07, 6.45) is 1.77. The molecule has 0 saturated carbocycles. The van der Waals surface area contributed by atoms with Crippen molar-refractivity contribution < 1.29 is 4.79 Å². The normalized spacial score (nSPS) is 12.3. The third-order valence-electron chi connectivity index (χ3n) is 3.89. The summed E-state index contributed by atoms with van der Waals surface area (Å²) in [4.78, 5) is 16.7. The number of carbonyl (C=O) groups excluding carboxylic acids is 1. The molecule has 1 amide bonds. The van der Waals surface area contributed by atoms with Gasteiger partial charge in [-0.3, -0.25) is 14.9 Å². The zero-order chi connectivity index (χ0) is 16.4. The number of aromatic nitrogens is 3. The number of pyridine rings is 1. The molecule has 0 bridgehead atoms. The number of nitrogens with zero attached hydrogens (tertiary/aromatic N) is 2. The monoisotopic (exact) mass is 309 g/mol. The molecule has 0 spiro atoms. The Balaban J connectivity index is 1.70. The Morgan fingerprint density at radius 3 is 2.87 bits per heavy atom. The lowest BCUT2D eigenvalue weighted by Crippen LogP contribution is -2.34. The first-order chi connectivity index (χ1) is 11.1. The zero-order valence-electron chi connectivity index (χ0n) is 13.1. The third-order valence-corrected chi connectivity index (χ3v) is 3.89. The Hall–Kier alpha value is -2.73. The molecule has 6 nitrogen and oxygen atoms in total. The highest BCUT2D eigenvalue weighted by Crippen LogP contribution is 2.18.